The highest BCUT2D eigenvalue weighted by Gasteiger charge is 2.34. The normalized spacial score (nSPS) is 15.0. The summed E-state index contributed by atoms with van der Waals surface area (Å²) in [6, 6.07) is 17.3. The van der Waals surface area contributed by atoms with Gasteiger partial charge in [-0.1, -0.05) is 59.6 Å². The number of rotatable bonds is 6. The monoisotopic (exact) mass is 524 g/mol. The Bertz CT molecular complexity index is 1390. The molecule has 1 fully saturated rings. The highest BCUT2D eigenvalue weighted by atomic mass is 35.5. The van der Waals surface area contributed by atoms with Crippen LogP contribution in [0.3, 0.4) is 0 Å². The van der Waals surface area contributed by atoms with Gasteiger partial charge in [-0.05, 0) is 62.9 Å². The summed E-state index contributed by atoms with van der Waals surface area (Å²) < 4.78 is 28.2. The Morgan fingerprint density at radius 1 is 0.917 bits per heavy atom. The van der Waals surface area contributed by atoms with Crippen molar-refractivity contribution in [2.24, 2.45) is 5.92 Å². The largest absolute Gasteiger partial charge is 0.325 e. The third-order valence-electron chi connectivity index (χ3n) is 6.55. The number of aryl methyl sites for hydroxylation is 3. The summed E-state index contributed by atoms with van der Waals surface area (Å²) in [7, 11) is -3.66. The maximum Gasteiger partial charge on any atom is 0.243 e. The maximum absolute atomic E-state index is 13.4. The molecule has 6 nitrogen and oxygen atoms in total. The van der Waals surface area contributed by atoms with Crippen LogP contribution in [0, 0.1) is 26.7 Å². The van der Waals surface area contributed by atoms with E-state index in [1.165, 1.54) is 4.31 Å². The number of amides is 1. The molecular weight excluding hydrogens is 496 g/mol. The summed E-state index contributed by atoms with van der Waals surface area (Å²) in [4.78, 5) is 26.5. The van der Waals surface area contributed by atoms with Crippen molar-refractivity contribution in [2.75, 3.05) is 18.4 Å². The molecule has 0 saturated carbocycles. The molecule has 0 bridgehead atoms. The van der Waals surface area contributed by atoms with Gasteiger partial charge >= 0.3 is 0 Å². The molecule has 8 heteroatoms. The van der Waals surface area contributed by atoms with Crippen LogP contribution >= 0.6 is 11.6 Å². The number of halogens is 1. The fourth-order valence-electron chi connectivity index (χ4n) is 4.85. The number of piperidine rings is 1. The summed E-state index contributed by atoms with van der Waals surface area (Å²) >= 11 is 6.15. The molecule has 1 aliphatic rings. The van der Waals surface area contributed by atoms with Gasteiger partial charge in [-0.25, -0.2) is 8.42 Å². The summed E-state index contributed by atoms with van der Waals surface area (Å²) in [5, 5.41) is 3.28. The molecule has 3 aromatic rings. The molecule has 1 saturated heterocycles. The Morgan fingerprint density at radius 3 is 2.14 bits per heavy atom. The molecule has 188 valence electrons. The Hall–Kier alpha value is -3.00. The molecule has 4 rings (SSSR count). The van der Waals surface area contributed by atoms with Gasteiger partial charge in [-0.3, -0.25) is 9.59 Å². The predicted molar refractivity (Wildman–Crippen MR) is 142 cm³/mol. The van der Waals surface area contributed by atoms with Crippen molar-refractivity contribution in [3.8, 4) is 0 Å². The lowest BCUT2D eigenvalue weighted by atomic mass is 9.96. The van der Waals surface area contributed by atoms with Crippen LogP contribution in [0.1, 0.15) is 45.5 Å². The molecule has 0 spiro atoms. The van der Waals surface area contributed by atoms with Gasteiger partial charge in [0.15, 0.2) is 5.78 Å². The first-order valence-corrected chi connectivity index (χ1v) is 13.7. The molecule has 0 atom stereocenters. The van der Waals surface area contributed by atoms with Crippen LogP contribution in [0.2, 0.25) is 5.02 Å². The summed E-state index contributed by atoms with van der Waals surface area (Å²) in [6.45, 7) is 6.08. The van der Waals surface area contributed by atoms with E-state index in [0.717, 1.165) is 16.7 Å². The van der Waals surface area contributed by atoms with Crippen molar-refractivity contribution in [1.82, 2.24) is 4.31 Å². The number of nitrogens with one attached hydrogen (secondary N) is 1. The molecule has 1 N–H and O–H groups in total. The van der Waals surface area contributed by atoms with Gasteiger partial charge in [0.25, 0.3) is 0 Å². The van der Waals surface area contributed by atoms with Gasteiger partial charge < -0.3 is 5.32 Å². The molecule has 3 aromatic carbocycles. The number of sulfonamides is 1. The molecule has 36 heavy (non-hydrogen) atoms. The number of benzene rings is 3. The van der Waals surface area contributed by atoms with E-state index in [1.54, 1.807) is 42.5 Å². The van der Waals surface area contributed by atoms with E-state index in [9.17, 15) is 18.0 Å². The SMILES string of the molecule is Cc1cc(C)c(S(=O)(=O)N2CCC(C(=O)Nc3ccc(Cl)cc3C(=O)c3ccccc3)CC2)c(C)c1. The van der Waals surface area contributed by atoms with Crippen molar-refractivity contribution in [3.63, 3.8) is 0 Å². The molecule has 1 aliphatic heterocycles. The zero-order chi connectivity index (χ0) is 26.0. The number of anilines is 1. The second-order valence-electron chi connectivity index (χ2n) is 9.28. The van der Waals surface area contributed by atoms with Gasteiger partial charge in [-0.2, -0.15) is 4.31 Å². The Morgan fingerprint density at radius 2 is 1.53 bits per heavy atom. The minimum atomic E-state index is -3.66. The van der Waals surface area contributed by atoms with E-state index in [0.29, 0.717) is 39.6 Å². The van der Waals surface area contributed by atoms with Crippen molar-refractivity contribution < 1.29 is 18.0 Å². The number of hydrogen-bond acceptors (Lipinski definition) is 4. The van der Waals surface area contributed by atoms with Gasteiger partial charge in [0.1, 0.15) is 0 Å². The van der Waals surface area contributed by atoms with Gasteiger partial charge in [0, 0.05) is 35.2 Å². The maximum atomic E-state index is 13.4. The van der Waals surface area contributed by atoms with Crippen LogP contribution in [0.15, 0.2) is 65.6 Å². The highest BCUT2D eigenvalue weighted by molar-refractivity contribution is 7.89. The first-order chi connectivity index (χ1) is 17.1. The highest BCUT2D eigenvalue weighted by Crippen LogP contribution is 2.30. The molecule has 1 heterocycles. The van der Waals surface area contributed by atoms with Crippen molar-refractivity contribution >= 4 is 39.0 Å². The van der Waals surface area contributed by atoms with E-state index in [-0.39, 0.29) is 30.7 Å². The van der Waals surface area contributed by atoms with E-state index < -0.39 is 10.0 Å². The first-order valence-electron chi connectivity index (χ1n) is 11.9. The van der Waals surface area contributed by atoms with Crippen LogP contribution in [-0.4, -0.2) is 37.5 Å². The third-order valence-corrected chi connectivity index (χ3v) is 8.99. The van der Waals surface area contributed by atoms with Gasteiger partial charge in [0.2, 0.25) is 15.9 Å². The topological polar surface area (TPSA) is 83.6 Å². The second kappa shape index (κ2) is 10.5. The number of hydrogen-bond donors (Lipinski definition) is 1. The number of ketones is 1. The van der Waals surface area contributed by atoms with Crippen molar-refractivity contribution in [1.29, 1.82) is 0 Å². The van der Waals surface area contributed by atoms with Crippen molar-refractivity contribution in [3.05, 3.63) is 93.5 Å². The lowest BCUT2D eigenvalue weighted by Gasteiger charge is -2.31. The van der Waals surface area contributed by atoms with Gasteiger partial charge in [0.05, 0.1) is 10.6 Å². The lowest BCUT2D eigenvalue weighted by molar-refractivity contribution is -0.120. The average Bonchev–Trinajstić information content (AvgIpc) is 2.84. The summed E-state index contributed by atoms with van der Waals surface area (Å²) in [5.74, 6) is -0.843. The molecule has 0 aliphatic carbocycles. The second-order valence-corrected chi connectivity index (χ2v) is 11.6. The third kappa shape index (κ3) is 5.38. The Labute approximate surface area is 217 Å². The smallest absolute Gasteiger partial charge is 0.243 e. The number of nitrogens with zero attached hydrogens (tertiary/aromatic N) is 1. The zero-order valence-corrected chi connectivity index (χ0v) is 22.1. The molecule has 1 amide bonds. The molecule has 0 radical (unpaired) electrons. The fourth-order valence-corrected chi connectivity index (χ4v) is 6.91. The van der Waals surface area contributed by atoms with Crippen LogP contribution in [0.5, 0.6) is 0 Å². The average molecular weight is 525 g/mol. The number of carbonyl (C=O) groups is 2. The van der Waals surface area contributed by atoms with Gasteiger partial charge in [-0.15, -0.1) is 0 Å². The Balaban J connectivity index is 1.47. The standard InChI is InChI=1S/C28H29ClN2O4S/c1-18-15-19(2)27(20(3)16-18)36(34,35)31-13-11-22(12-14-31)28(33)30-25-10-9-23(29)17-24(25)26(32)21-7-5-4-6-8-21/h4-10,15-17,22H,11-14H2,1-3H3,(H,30,33). The van der Waals surface area contributed by atoms with E-state index in [4.69, 9.17) is 11.6 Å². The van der Waals surface area contributed by atoms with E-state index in [2.05, 4.69) is 5.32 Å². The Kier molecular flexibility index (Phi) is 7.64. The van der Waals surface area contributed by atoms with Crippen molar-refractivity contribution in [2.45, 2.75) is 38.5 Å². The minimum absolute atomic E-state index is 0.237. The minimum Gasteiger partial charge on any atom is -0.325 e. The fraction of sp³-hybridized carbons (Fsp3) is 0.286. The lowest BCUT2D eigenvalue weighted by Crippen LogP contribution is -2.41. The summed E-state index contributed by atoms with van der Waals surface area (Å²) in [6.07, 6.45) is 0.787. The zero-order valence-electron chi connectivity index (χ0n) is 20.5. The van der Waals surface area contributed by atoms with E-state index >= 15 is 0 Å². The number of carbonyl (C=O) groups excluding carboxylic acids is 2. The van der Waals surface area contributed by atoms with E-state index in [1.807, 2.05) is 39.0 Å². The predicted octanol–water partition coefficient (Wildman–Crippen LogP) is 5.54. The first kappa shape index (κ1) is 26.1. The van der Waals surface area contributed by atoms with Crippen LogP contribution < -0.4 is 5.32 Å². The summed E-state index contributed by atoms with van der Waals surface area (Å²) in [5.41, 5.74) is 3.67. The molecule has 0 unspecified atom stereocenters. The van der Waals surface area contributed by atoms with Crippen LogP contribution in [0.25, 0.3) is 0 Å². The van der Waals surface area contributed by atoms with Crippen LogP contribution in [-0.2, 0) is 14.8 Å². The quantitative estimate of drug-likeness (QED) is 0.429. The molecular formula is C28H29ClN2O4S. The van der Waals surface area contributed by atoms with Crippen LogP contribution in [0.4, 0.5) is 5.69 Å². The molecule has 0 aromatic heterocycles.